The number of carbonyl (C=O) groups excluding carboxylic acids is 2. The third-order valence-electron chi connectivity index (χ3n) is 3.71. The summed E-state index contributed by atoms with van der Waals surface area (Å²) in [6, 6.07) is 7.06. The maximum atomic E-state index is 12.4. The molecule has 2 rings (SSSR count). The van der Waals surface area contributed by atoms with E-state index in [1.807, 2.05) is 20.9 Å². The van der Waals surface area contributed by atoms with Crippen molar-refractivity contribution in [2.45, 2.75) is 32.4 Å². The minimum Gasteiger partial charge on any atom is -0.337 e. The van der Waals surface area contributed by atoms with E-state index in [-0.39, 0.29) is 36.4 Å². The van der Waals surface area contributed by atoms with Crippen molar-refractivity contribution in [3.63, 3.8) is 0 Å². The number of likely N-dealkylation sites (N-methyl/N-ethyl adjacent to an activating group) is 1. The number of benzene rings is 1. The van der Waals surface area contributed by atoms with Crippen LogP contribution in [0.3, 0.4) is 0 Å². The van der Waals surface area contributed by atoms with Crippen LogP contribution >= 0.6 is 12.4 Å². The first-order valence-electron chi connectivity index (χ1n) is 7.63. The van der Waals surface area contributed by atoms with Crippen LogP contribution in [0.1, 0.15) is 30.6 Å². The lowest BCUT2D eigenvalue weighted by Crippen LogP contribution is -2.38. The molecule has 0 aliphatic carbocycles. The Morgan fingerprint density at radius 2 is 1.91 bits per heavy atom. The number of nitrogens with one attached hydrogen (secondary N) is 3. The largest absolute Gasteiger partial charge is 0.337 e. The zero-order valence-electron chi connectivity index (χ0n) is 13.8. The molecule has 1 aliphatic heterocycles. The van der Waals surface area contributed by atoms with Crippen molar-refractivity contribution in [2.75, 3.05) is 25.5 Å². The van der Waals surface area contributed by atoms with E-state index in [2.05, 4.69) is 16.0 Å². The second kappa shape index (κ2) is 8.74. The molecule has 0 spiro atoms. The molecule has 6 nitrogen and oxygen atoms in total. The van der Waals surface area contributed by atoms with Crippen LogP contribution in [0.4, 0.5) is 10.5 Å². The molecule has 128 valence electrons. The summed E-state index contributed by atoms with van der Waals surface area (Å²) in [4.78, 5) is 25.8. The normalized spacial score (nSPS) is 16.6. The topological polar surface area (TPSA) is 73.5 Å². The van der Waals surface area contributed by atoms with Crippen molar-refractivity contribution in [1.82, 2.24) is 15.5 Å². The second-order valence-electron chi connectivity index (χ2n) is 5.89. The van der Waals surface area contributed by atoms with Crippen LogP contribution in [0, 0.1) is 0 Å². The van der Waals surface area contributed by atoms with Crippen LogP contribution in [0.5, 0.6) is 0 Å². The molecule has 0 aromatic heterocycles. The standard InChI is InChI=1S/C16H24N4O2.ClH/c1-11(2)18-16(22)19-13-6-4-12(5-7-13)15(21)20(3)14-8-9-17-10-14;/h4-7,11,14,17H,8-10H2,1-3H3,(H2,18,19,22);1H. The lowest BCUT2D eigenvalue weighted by atomic mass is 10.1. The Labute approximate surface area is 143 Å². The lowest BCUT2D eigenvalue weighted by molar-refractivity contribution is 0.0744. The van der Waals surface area contributed by atoms with Gasteiger partial charge in [0.05, 0.1) is 0 Å². The van der Waals surface area contributed by atoms with Crippen molar-refractivity contribution >= 4 is 30.0 Å². The maximum absolute atomic E-state index is 12.4. The summed E-state index contributed by atoms with van der Waals surface area (Å²) in [5.41, 5.74) is 1.30. The fraction of sp³-hybridized carbons (Fsp3) is 0.500. The number of carbonyl (C=O) groups is 2. The number of urea groups is 1. The molecule has 1 unspecified atom stereocenters. The molecule has 0 radical (unpaired) electrons. The van der Waals surface area contributed by atoms with Gasteiger partial charge in [0, 0.05) is 36.9 Å². The van der Waals surface area contributed by atoms with Crippen LogP contribution in [0.25, 0.3) is 0 Å². The highest BCUT2D eigenvalue weighted by molar-refractivity contribution is 5.95. The Balaban J connectivity index is 0.00000264. The molecule has 1 aliphatic rings. The van der Waals surface area contributed by atoms with Gasteiger partial charge >= 0.3 is 6.03 Å². The molecule has 3 amide bonds. The summed E-state index contributed by atoms with van der Waals surface area (Å²) in [6.45, 7) is 5.59. The van der Waals surface area contributed by atoms with Gasteiger partial charge in [-0.1, -0.05) is 0 Å². The predicted molar refractivity (Wildman–Crippen MR) is 94.3 cm³/mol. The number of rotatable bonds is 4. The third kappa shape index (κ3) is 5.41. The molecule has 1 heterocycles. The molecule has 0 bridgehead atoms. The average molecular weight is 341 g/mol. The van der Waals surface area contributed by atoms with E-state index in [9.17, 15) is 9.59 Å². The quantitative estimate of drug-likeness (QED) is 0.785. The van der Waals surface area contributed by atoms with Crippen molar-refractivity contribution in [2.24, 2.45) is 0 Å². The van der Waals surface area contributed by atoms with Crippen molar-refractivity contribution in [3.05, 3.63) is 29.8 Å². The van der Waals surface area contributed by atoms with E-state index >= 15 is 0 Å². The van der Waals surface area contributed by atoms with Gasteiger partial charge in [0.25, 0.3) is 5.91 Å². The zero-order chi connectivity index (χ0) is 16.1. The van der Waals surface area contributed by atoms with Crippen LogP contribution in [0.15, 0.2) is 24.3 Å². The monoisotopic (exact) mass is 340 g/mol. The van der Waals surface area contributed by atoms with Gasteiger partial charge in [-0.25, -0.2) is 4.79 Å². The van der Waals surface area contributed by atoms with Gasteiger partial charge in [0.15, 0.2) is 0 Å². The highest BCUT2D eigenvalue weighted by atomic mass is 35.5. The number of anilines is 1. The molecule has 1 aromatic carbocycles. The van der Waals surface area contributed by atoms with E-state index in [1.54, 1.807) is 29.2 Å². The molecule has 0 saturated carbocycles. The summed E-state index contributed by atoms with van der Waals surface area (Å²) in [7, 11) is 1.84. The fourth-order valence-corrected chi connectivity index (χ4v) is 2.46. The van der Waals surface area contributed by atoms with Gasteiger partial charge in [-0.15, -0.1) is 12.4 Å². The van der Waals surface area contributed by atoms with E-state index in [0.29, 0.717) is 11.3 Å². The number of hydrogen-bond donors (Lipinski definition) is 3. The molecular formula is C16H25ClN4O2. The van der Waals surface area contributed by atoms with Crippen molar-refractivity contribution < 1.29 is 9.59 Å². The first kappa shape index (κ1) is 19.3. The van der Waals surface area contributed by atoms with Crippen molar-refractivity contribution in [1.29, 1.82) is 0 Å². The molecule has 1 atom stereocenters. The highest BCUT2D eigenvalue weighted by Gasteiger charge is 2.23. The van der Waals surface area contributed by atoms with Crippen molar-refractivity contribution in [3.8, 4) is 0 Å². The Bertz CT molecular complexity index is 527. The number of amides is 3. The lowest BCUT2D eigenvalue weighted by Gasteiger charge is -2.23. The molecule has 3 N–H and O–H groups in total. The number of halogens is 1. The maximum Gasteiger partial charge on any atom is 0.319 e. The van der Waals surface area contributed by atoms with Crippen LogP contribution in [-0.4, -0.2) is 49.1 Å². The Kier molecular flexibility index (Phi) is 7.32. The van der Waals surface area contributed by atoms with Crippen LogP contribution in [0.2, 0.25) is 0 Å². The fourth-order valence-electron chi connectivity index (χ4n) is 2.46. The van der Waals surface area contributed by atoms with E-state index in [4.69, 9.17) is 0 Å². The molecular weight excluding hydrogens is 316 g/mol. The summed E-state index contributed by atoms with van der Waals surface area (Å²) in [5.74, 6) is 0.00637. The Hall–Kier alpha value is -1.79. The number of nitrogens with zero attached hydrogens (tertiary/aromatic N) is 1. The summed E-state index contributed by atoms with van der Waals surface area (Å²) in [5, 5.41) is 8.75. The first-order chi connectivity index (χ1) is 10.5. The van der Waals surface area contributed by atoms with Crippen LogP contribution < -0.4 is 16.0 Å². The number of hydrogen-bond acceptors (Lipinski definition) is 3. The van der Waals surface area contributed by atoms with E-state index < -0.39 is 0 Å². The SMILES string of the molecule is CC(C)NC(=O)Nc1ccc(C(=O)N(C)C2CCNC2)cc1.Cl. The van der Waals surface area contributed by atoms with Gasteiger partial charge in [-0.3, -0.25) is 4.79 Å². The molecule has 23 heavy (non-hydrogen) atoms. The van der Waals surface area contributed by atoms with Gasteiger partial charge in [0.1, 0.15) is 0 Å². The zero-order valence-corrected chi connectivity index (χ0v) is 14.6. The smallest absolute Gasteiger partial charge is 0.319 e. The molecule has 1 saturated heterocycles. The minimum atomic E-state index is -0.247. The summed E-state index contributed by atoms with van der Waals surface area (Å²) >= 11 is 0. The Morgan fingerprint density at radius 1 is 1.26 bits per heavy atom. The van der Waals surface area contributed by atoms with E-state index in [0.717, 1.165) is 19.5 Å². The van der Waals surface area contributed by atoms with Gasteiger partial charge in [-0.2, -0.15) is 0 Å². The predicted octanol–water partition coefficient (Wildman–Crippen LogP) is 2.07. The second-order valence-corrected chi connectivity index (χ2v) is 5.89. The summed E-state index contributed by atoms with van der Waals surface area (Å²) < 4.78 is 0. The summed E-state index contributed by atoms with van der Waals surface area (Å²) in [6.07, 6.45) is 0.983. The molecule has 1 aromatic rings. The molecule has 1 fully saturated rings. The average Bonchev–Trinajstić information content (AvgIpc) is 2.99. The van der Waals surface area contributed by atoms with Gasteiger partial charge in [0.2, 0.25) is 0 Å². The molecule has 7 heteroatoms. The Morgan fingerprint density at radius 3 is 2.43 bits per heavy atom. The van der Waals surface area contributed by atoms with Crippen LogP contribution in [-0.2, 0) is 0 Å². The van der Waals surface area contributed by atoms with Gasteiger partial charge < -0.3 is 20.9 Å². The van der Waals surface area contributed by atoms with E-state index in [1.165, 1.54) is 0 Å². The third-order valence-corrected chi connectivity index (χ3v) is 3.71. The minimum absolute atomic E-state index is 0. The first-order valence-corrected chi connectivity index (χ1v) is 7.63. The van der Waals surface area contributed by atoms with Gasteiger partial charge in [-0.05, 0) is 51.1 Å². The highest BCUT2D eigenvalue weighted by Crippen LogP contribution is 2.14.